The molecule has 0 saturated carbocycles. The van der Waals surface area contributed by atoms with Gasteiger partial charge < -0.3 is 0 Å². The van der Waals surface area contributed by atoms with Crippen molar-refractivity contribution in [3.63, 3.8) is 0 Å². The van der Waals surface area contributed by atoms with Gasteiger partial charge in [-0.2, -0.15) is 0 Å². The first-order chi connectivity index (χ1) is 11.6. The minimum Gasteiger partial charge on any atom is -0.118 e. The molecule has 1 aromatic carbocycles. The first-order valence-electron chi connectivity index (χ1n) is 10.3. The van der Waals surface area contributed by atoms with Crippen LogP contribution >= 0.6 is 11.6 Å². The van der Waals surface area contributed by atoms with Crippen LogP contribution in [-0.2, 0) is 6.42 Å². The van der Waals surface area contributed by atoms with E-state index in [9.17, 15) is 0 Å². The Bertz CT molecular complexity index is 420. The fourth-order valence-corrected chi connectivity index (χ4v) is 9.58. The third-order valence-electron chi connectivity index (χ3n) is 5.54. The molecule has 138 valence electrons. The summed E-state index contributed by atoms with van der Waals surface area (Å²) >= 11 is 6.28. The summed E-state index contributed by atoms with van der Waals surface area (Å²) in [4.78, 5) is 0. The van der Waals surface area contributed by atoms with E-state index in [1.807, 2.05) is 0 Å². The van der Waals surface area contributed by atoms with Gasteiger partial charge in [0.1, 0.15) is 0 Å². The molecule has 2 heteroatoms. The van der Waals surface area contributed by atoms with Crippen molar-refractivity contribution in [1.82, 2.24) is 0 Å². The summed E-state index contributed by atoms with van der Waals surface area (Å²) in [5.74, 6) is 0. The van der Waals surface area contributed by atoms with Crippen LogP contribution in [0.25, 0.3) is 0 Å². The summed E-state index contributed by atoms with van der Waals surface area (Å²) in [5.41, 5.74) is 2.78. The maximum absolute atomic E-state index is 6.28. The van der Waals surface area contributed by atoms with Gasteiger partial charge in [0, 0.05) is 0 Å². The van der Waals surface area contributed by atoms with E-state index in [1.165, 1.54) is 62.1 Å². The number of alkyl halides is 1. The number of benzene rings is 1. The van der Waals surface area contributed by atoms with Gasteiger partial charge in [-0.05, 0) is 24.5 Å². The average molecular weight is 367 g/mol. The molecule has 1 rings (SSSR count). The van der Waals surface area contributed by atoms with Gasteiger partial charge in [-0.25, -0.2) is 0 Å². The normalized spacial score (nSPS) is 13.2. The van der Waals surface area contributed by atoms with Crippen LogP contribution in [0.1, 0.15) is 82.7 Å². The van der Waals surface area contributed by atoms with E-state index in [4.69, 9.17) is 11.6 Å². The van der Waals surface area contributed by atoms with E-state index in [1.54, 1.807) is 18.1 Å². The minimum atomic E-state index is -1.12. The van der Waals surface area contributed by atoms with Crippen molar-refractivity contribution in [3.8, 4) is 0 Å². The molecule has 0 amide bonds. The van der Waals surface area contributed by atoms with Crippen molar-refractivity contribution in [1.29, 1.82) is 0 Å². The number of hydrogen-bond acceptors (Lipinski definition) is 0. The Labute approximate surface area is 157 Å². The SMILES string of the molecule is CCCC[Si](CCCC)(CCCC)CCc1cccc(C(C)Cl)c1. The molecule has 0 aliphatic carbocycles. The summed E-state index contributed by atoms with van der Waals surface area (Å²) in [6, 6.07) is 15.1. The first kappa shape index (κ1) is 21.8. The lowest BCUT2D eigenvalue weighted by atomic mass is 10.1. The van der Waals surface area contributed by atoms with Gasteiger partial charge in [0.2, 0.25) is 0 Å². The second kappa shape index (κ2) is 12.1. The van der Waals surface area contributed by atoms with Gasteiger partial charge in [-0.15, -0.1) is 11.6 Å². The van der Waals surface area contributed by atoms with Crippen molar-refractivity contribution in [3.05, 3.63) is 35.4 Å². The summed E-state index contributed by atoms with van der Waals surface area (Å²) in [6.07, 6.45) is 9.65. The Morgan fingerprint density at radius 3 is 1.88 bits per heavy atom. The van der Waals surface area contributed by atoms with Crippen LogP contribution < -0.4 is 0 Å². The quantitative estimate of drug-likeness (QED) is 0.243. The number of halogens is 1. The number of aryl methyl sites for hydroxylation is 1. The third kappa shape index (κ3) is 7.74. The third-order valence-corrected chi connectivity index (χ3v) is 11.3. The Morgan fingerprint density at radius 1 is 0.875 bits per heavy atom. The Balaban J connectivity index is 2.82. The van der Waals surface area contributed by atoms with E-state index >= 15 is 0 Å². The zero-order valence-corrected chi connectivity index (χ0v) is 18.3. The average Bonchev–Trinajstić information content (AvgIpc) is 2.60. The van der Waals surface area contributed by atoms with Gasteiger partial charge in [0.05, 0.1) is 13.5 Å². The van der Waals surface area contributed by atoms with Gasteiger partial charge in [0.25, 0.3) is 0 Å². The molecule has 0 spiro atoms. The molecule has 0 heterocycles. The van der Waals surface area contributed by atoms with Crippen molar-refractivity contribution < 1.29 is 0 Å². The maximum atomic E-state index is 6.28. The second-order valence-electron chi connectivity index (χ2n) is 7.67. The number of unbranched alkanes of at least 4 members (excludes halogenated alkanes) is 3. The first-order valence-corrected chi connectivity index (χ1v) is 13.6. The van der Waals surface area contributed by atoms with Crippen LogP contribution in [0.15, 0.2) is 24.3 Å². The lowest BCUT2D eigenvalue weighted by molar-refractivity contribution is 0.780. The zero-order chi connectivity index (χ0) is 17.8. The minimum absolute atomic E-state index is 0.118. The van der Waals surface area contributed by atoms with Crippen molar-refractivity contribution in [2.75, 3.05) is 0 Å². The highest BCUT2D eigenvalue weighted by Crippen LogP contribution is 2.33. The molecule has 0 aliphatic rings. The predicted octanol–water partition coefficient (Wildman–Crippen LogP) is 8.38. The summed E-state index contributed by atoms with van der Waals surface area (Å²) in [6.45, 7) is 9.13. The topological polar surface area (TPSA) is 0 Å². The van der Waals surface area contributed by atoms with Crippen LogP contribution in [0.3, 0.4) is 0 Å². The fourth-order valence-electron chi connectivity index (χ4n) is 3.81. The lowest BCUT2D eigenvalue weighted by Crippen LogP contribution is -2.34. The fraction of sp³-hybridized carbons (Fsp3) is 0.727. The molecule has 0 saturated heterocycles. The molecule has 0 N–H and O–H groups in total. The maximum Gasteiger partial charge on any atom is 0.0557 e. The molecule has 0 bridgehead atoms. The lowest BCUT2D eigenvalue weighted by Gasteiger charge is -2.32. The van der Waals surface area contributed by atoms with Crippen LogP contribution in [-0.4, -0.2) is 8.07 Å². The Hall–Kier alpha value is -0.273. The summed E-state index contributed by atoms with van der Waals surface area (Å²) in [7, 11) is -1.12. The van der Waals surface area contributed by atoms with E-state index in [0.29, 0.717) is 0 Å². The molecule has 0 nitrogen and oxygen atoms in total. The molecule has 1 atom stereocenters. The smallest absolute Gasteiger partial charge is 0.0557 e. The van der Waals surface area contributed by atoms with Crippen molar-refractivity contribution >= 4 is 19.7 Å². The highest BCUT2D eigenvalue weighted by Gasteiger charge is 2.30. The molecule has 1 aromatic rings. The molecule has 0 fully saturated rings. The van der Waals surface area contributed by atoms with Crippen molar-refractivity contribution in [2.45, 2.75) is 102 Å². The largest absolute Gasteiger partial charge is 0.118 e. The molecule has 0 aromatic heterocycles. The molecular formula is C22H39ClSi. The van der Waals surface area contributed by atoms with Gasteiger partial charge in [-0.3, -0.25) is 0 Å². The standard InChI is InChI=1S/C22H39ClSi/c1-5-8-15-24(16-9-6-2,17-10-7-3)18-14-21-12-11-13-22(19-21)20(4)23/h11-13,19-20H,5-10,14-18H2,1-4H3. The molecular weight excluding hydrogens is 328 g/mol. The van der Waals surface area contributed by atoms with Crippen molar-refractivity contribution in [2.24, 2.45) is 0 Å². The summed E-state index contributed by atoms with van der Waals surface area (Å²) in [5, 5.41) is 0.118. The molecule has 0 radical (unpaired) electrons. The second-order valence-corrected chi connectivity index (χ2v) is 13.3. The van der Waals surface area contributed by atoms with Crippen LogP contribution in [0.2, 0.25) is 24.2 Å². The van der Waals surface area contributed by atoms with E-state index in [2.05, 4.69) is 52.0 Å². The molecule has 1 unspecified atom stereocenters. The van der Waals surface area contributed by atoms with Gasteiger partial charge in [-0.1, -0.05) is 108 Å². The van der Waals surface area contributed by atoms with Crippen LogP contribution in [0.4, 0.5) is 0 Å². The van der Waals surface area contributed by atoms with E-state index in [-0.39, 0.29) is 5.38 Å². The predicted molar refractivity (Wildman–Crippen MR) is 114 cm³/mol. The summed E-state index contributed by atoms with van der Waals surface area (Å²) < 4.78 is 0. The zero-order valence-electron chi connectivity index (χ0n) is 16.5. The van der Waals surface area contributed by atoms with Crippen LogP contribution in [0.5, 0.6) is 0 Å². The van der Waals surface area contributed by atoms with Gasteiger partial charge >= 0.3 is 0 Å². The number of rotatable bonds is 13. The Morgan fingerprint density at radius 2 is 1.42 bits per heavy atom. The Kier molecular flexibility index (Phi) is 11.0. The number of hydrogen-bond donors (Lipinski definition) is 0. The monoisotopic (exact) mass is 366 g/mol. The molecule has 24 heavy (non-hydrogen) atoms. The van der Waals surface area contributed by atoms with Crippen LogP contribution in [0, 0.1) is 0 Å². The highest BCUT2D eigenvalue weighted by atomic mass is 35.5. The molecule has 0 aliphatic heterocycles. The van der Waals surface area contributed by atoms with Gasteiger partial charge in [0.15, 0.2) is 0 Å². The van der Waals surface area contributed by atoms with E-state index in [0.717, 1.165) is 0 Å². The van der Waals surface area contributed by atoms with E-state index < -0.39 is 8.07 Å². The highest BCUT2D eigenvalue weighted by molar-refractivity contribution is 6.79.